The van der Waals surface area contributed by atoms with Crippen LogP contribution in [0.3, 0.4) is 0 Å². The minimum atomic E-state index is -4.83. The van der Waals surface area contributed by atoms with Crippen molar-refractivity contribution < 1.29 is 22.6 Å². The molecule has 1 saturated heterocycles. The topological polar surface area (TPSA) is 68.5 Å². The summed E-state index contributed by atoms with van der Waals surface area (Å²) in [7, 11) is 0. The van der Waals surface area contributed by atoms with Crippen LogP contribution in [0.5, 0.6) is 5.75 Å². The van der Waals surface area contributed by atoms with Crippen LogP contribution in [-0.2, 0) is 24.5 Å². The van der Waals surface area contributed by atoms with Crippen molar-refractivity contribution in [3.63, 3.8) is 0 Å². The molecule has 3 aromatic rings. The molecule has 2 aliphatic heterocycles. The summed E-state index contributed by atoms with van der Waals surface area (Å²) >= 11 is 5.91. The maximum Gasteiger partial charge on any atom is 0.573 e. The summed E-state index contributed by atoms with van der Waals surface area (Å²) in [4.78, 5) is 13.4. The minimum absolute atomic E-state index is 0.113. The third-order valence-electron chi connectivity index (χ3n) is 5.88. The highest BCUT2D eigenvalue weighted by atomic mass is 35.5. The van der Waals surface area contributed by atoms with Crippen molar-refractivity contribution in [3.8, 4) is 17.1 Å². The van der Waals surface area contributed by atoms with Crippen LogP contribution < -0.4 is 9.64 Å². The molecular formula is C23H24ClF3N6O2. The van der Waals surface area contributed by atoms with E-state index < -0.39 is 12.1 Å². The lowest BCUT2D eigenvalue weighted by Gasteiger charge is -2.35. The lowest BCUT2D eigenvalue weighted by atomic mass is 10.1. The molecule has 0 amide bonds. The van der Waals surface area contributed by atoms with E-state index in [2.05, 4.69) is 39.6 Å². The Bertz CT molecular complexity index is 1210. The molecule has 186 valence electrons. The van der Waals surface area contributed by atoms with Gasteiger partial charge in [-0.1, -0.05) is 17.7 Å². The Labute approximate surface area is 205 Å². The zero-order chi connectivity index (χ0) is 24.7. The summed E-state index contributed by atoms with van der Waals surface area (Å²) in [6, 6.07) is 6.41. The summed E-state index contributed by atoms with van der Waals surface area (Å²) in [6.07, 6.45) is -1.19. The van der Waals surface area contributed by atoms with E-state index in [1.54, 1.807) is 10.7 Å². The van der Waals surface area contributed by atoms with Crippen LogP contribution in [0.2, 0.25) is 5.02 Å². The van der Waals surface area contributed by atoms with Gasteiger partial charge in [0.1, 0.15) is 24.6 Å². The van der Waals surface area contributed by atoms with E-state index in [0.717, 1.165) is 30.8 Å². The molecule has 0 spiro atoms. The van der Waals surface area contributed by atoms with Crippen LogP contribution in [0, 0.1) is 0 Å². The normalized spacial score (nSPS) is 20.5. The first-order chi connectivity index (χ1) is 16.6. The van der Waals surface area contributed by atoms with Crippen LogP contribution in [0.15, 0.2) is 36.8 Å². The molecule has 1 fully saturated rings. The molecule has 4 heterocycles. The Morgan fingerprint density at radius 2 is 1.86 bits per heavy atom. The number of benzene rings is 1. The molecule has 1 aromatic carbocycles. The minimum Gasteiger partial charge on any atom is -0.404 e. The van der Waals surface area contributed by atoms with Gasteiger partial charge in [0.15, 0.2) is 5.82 Å². The second-order valence-corrected chi connectivity index (χ2v) is 9.31. The van der Waals surface area contributed by atoms with Gasteiger partial charge in [0, 0.05) is 32.4 Å². The Morgan fingerprint density at radius 1 is 1.09 bits per heavy atom. The molecule has 2 atom stereocenters. The SMILES string of the molecule is C[C@@H]1CN(Cc2cnc3c(c2)-c2ncnn2CN3Cc2ccc(Cl)c(OC(F)(F)F)c2)C[C@H](C)O1. The van der Waals surface area contributed by atoms with E-state index in [-0.39, 0.29) is 23.8 Å². The van der Waals surface area contributed by atoms with Crippen LogP contribution in [0.1, 0.15) is 25.0 Å². The highest BCUT2D eigenvalue weighted by Gasteiger charge is 2.32. The molecule has 0 unspecified atom stereocenters. The number of morpholine rings is 1. The van der Waals surface area contributed by atoms with E-state index in [4.69, 9.17) is 21.3 Å². The number of hydrogen-bond acceptors (Lipinski definition) is 7. The first-order valence-corrected chi connectivity index (χ1v) is 11.6. The fraction of sp³-hybridized carbons (Fsp3) is 0.435. The molecule has 0 N–H and O–H groups in total. The lowest BCUT2D eigenvalue weighted by Crippen LogP contribution is -2.44. The number of hydrogen-bond donors (Lipinski definition) is 0. The standard InChI is InChI=1S/C23H24ClF3N6O2/c1-14-8-31(9-15(2)34-14)10-17-5-18-21(28-7-17)32(13-33-22(18)29-12-30-33)11-16-3-4-19(24)20(6-16)35-23(25,26)27/h3-7,12,14-15H,8-11,13H2,1-2H3/t14-,15+. The highest BCUT2D eigenvalue weighted by Crippen LogP contribution is 2.36. The summed E-state index contributed by atoms with van der Waals surface area (Å²) < 4.78 is 49.9. The number of halogens is 4. The summed E-state index contributed by atoms with van der Waals surface area (Å²) in [5.74, 6) is 0.949. The van der Waals surface area contributed by atoms with Crippen molar-refractivity contribution in [1.82, 2.24) is 24.6 Å². The van der Waals surface area contributed by atoms with Gasteiger partial charge in [-0.05, 0) is 43.2 Å². The Hall–Kier alpha value is -2.89. The number of fused-ring (bicyclic) bond motifs is 3. The number of anilines is 1. The molecule has 5 rings (SSSR count). The molecule has 12 heteroatoms. The molecule has 0 aliphatic carbocycles. The maximum atomic E-state index is 12.8. The van der Waals surface area contributed by atoms with Gasteiger partial charge in [-0.3, -0.25) is 4.90 Å². The number of rotatable bonds is 5. The number of pyridine rings is 1. The van der Waals surface area contributed by atoms with Gasteiger partial charge in [0.25, 0.3) is 0 Å². The number of nitrogens with zero attached hydrogens (tertiary/aromatic N) is 6. The van der Waals surface area contributed by atoms with Gasteiger partial charge in [-0.15, -0.1) is 13.2 Å². The van der Waals surface area contributed by atoms with Crippen molar-refractivity contribution in [2.45, 2.75) is 52.2 Å². The second kappa shape index (κ2) is 9.29. The molecule has 2 aliphatic rings. The third kappa shape index (κ3) is 5.36. The van der Waals surface area contributed by atoms with Crippen molar-refractivity contribution in [2.75, 3.05) is 18.0 Å². The smallest absolute Gasteiger partial charge is 0.404 e. The van der Waals surface area contributed by atoms with Gasteiger partial charge in [-0.25, -0.2) is 14.6 Å². The van der Waals surface area contributed by atoms with E-state index in [1.165, 1.54) is 18.5 Å². The number of ether oxygens (including phenoxy) is 2. The number of aromatic nitrogens is 4. The summed E-state index contributed by atoms with van der Waals surface area (Å²) in [5, 5.41) is 4.19. The molecule has 0 radical (unpaired) electrons. The van der Waals surface area contributed by atoms with Gasteiger partial charge in [0.05, 0.1) is 22.8 Å². The molecule has 8 nitrogen and oxygen atoms in total. The first kappa shape index (κ1) is 23.8. The largest absolute Gasteiger partial charge is 0.573 e. The number of alkyl halides is 3. The molecule has 2 aromatic heterocycles. The fourth-order valence-corrected chi connectivity index (χ4v) is 4.83. The van der Waals surface area contributed by atoms with Crippen molar-refractivity contribution in [1.29, 1.82) is 0 Å². The van der Waals surface area contributed by atoms with E-state index in [9.17, 15) is 13.2 Å². The van der Waals surface area contributed by atoms with Gasteiger partial charge in [-0.2, -0.15) is 5.10 Å². The molecule has 0 bridgehead atoms. The van der Waals surface area contributed by atoms with E-state index >= 15 is 0 Å². The summed E-state index contributed by atoms with van der Waals surface area (Å²) in [5.41, 5.74) is 2.44. The third-order valence-corrected chi connectivity index (χ3v) is 6.19. The maximum absolute atomic E-state index is 12.8. The quantitative estimate of drug-likeness (QED) is 0.503. The Kier molecular flexibility index (Phi) is 6.32. The van der Waals surface area contributed by atoms with Crippen molar-refractivity contribution >= 4 is 17.4 Å². The van der Waals surface area contributed by atoms with E-state index in [1.807, 2.05) is 11.1 Å². The van der Waals surface area contributed by atoms with Crippen molar-refractivity contribution in [2.24, 2.45) is 0 Å². The predicted octanol–water partition coefficient (Wildman–Crippen LogP) is 4.48. The van der Waals surface area contributed by atoms with Crippen LogP contribution in [0.25, 0.3) is 11.4 Å². The second-order valence-electron chi connectivity index (χ2n) is 8.90. The monoisotopic (exact) mass is 508 g/mol. The predicted molar refractivity (Wildman–Crippen MR) is 123 cm³/mol. The average Bonchev–Trinajstić information content (AvgIpc) is 3.23. The van der Waals surface area contributed by atoms with Crippen LogP contribution >= 0.6 is 11.6 Å². The fourth-order valence-electron chi connectivity index (χ4n) is 4.67. The Balaban J connectivity index is 1.41. The Morgan fingerprint density at radius 3 is 2.60 bits per heavy atom. The van der Waals surface area contributed by atoms with Crippen molar-refractivity contribution in [3.05, 3.63) is 52.9 Å². The molecule has 35 heavy (non-hydrogen) atoms. The average molecular weight is 509 g/mol. The van der Waals surface area contributed by atoms with Gasteiger partial charge < -0.3 is 14.4 Å². The van der Waals surface area contributed by atoms with Gasteiger partial charge in [0.2, 0.25) is 0 Å². The zero-order valence-electron chi connectivity index (χ0n) is 19.2. The molecular weight excluding hydrogens is 485 g/mol. The molecule has 0 saturated carbocycles. The zero-order valence-corrected chi connectivity index (χ0v) is 19.9. The summed E-state index contributed by atoms with van der Waals surface area (Å²) in [6.45, 7) is 7.16. The van der Waals surface area contributed by atoms with Gasteiger partial charge >= 0.3 is 6.36 Å². The van der Waals surface area contributed by atoms with E-state index in [0.29, 0.717) is 23.9 Å². The first-order valence-electron chi connectivity index (χ1n) is 11.2. The lowest BCUT2D eigenvalue weighted by molar-refractivity contribution is -0.274. The highest BCUT2D eigenvalue weighted by molar-refractivity contribution is 6.32. The van der Waals surface area contributed by atoms with Crippen LogP contribution in [-0.4, -0.2) is 56.3 Å². The van der Waals surface area contributed by atoms with Crippen LogP contribution in [0.4, 0.5) is 19.0 Å².